The largest absolute Gasteiger partial charge is 0.480 e. The van der Waals surface area contributed by atoms with E-state index in [-0.39, 0.29) is 16.5 Å². The molecule has 2 rings (SSSR count). The second-order valence-electron chi connectivity index (χ2n) is 3.18. The number of rotatable bonds is 3. The minimum atomic E-state index is -3.75. The molecule has 0 aromatic carbocycles. The molecule has 88 valence electrons. The van der Waals surface area contributed by atoms with E-state index in [9.17, 15) is 13.2 Å². The number of carboxylic acid groups (broad SMARTS) is 1. The Morgan fingerprint density at radius 2 is 2.44 bits per heavy atom. The second kappa shape index (κ2) is 4.07. The first kappa shape index (κ1) is 11.4. The maximum absolute atomic E-state index is 12.0. The molecule has 1 aromatic heterocycles. The van der Waals surface area contributed by atoms with Gasteiger partial charge in [-0.2, -0.15) is 9.40 Å². The van der Waals surface area contributed by atoms with Crippen molar-refractivity contribution in [3.8, 4) is 0 Å². The first-order valence-electron chi connectivity index (χ1n) is 4.34. The third-order valence-corrected chi connectivity index (χ3v) is 5.20. The van der Waals surface area contributed by atoms with E-state index in [1.807, 2.05) is 0 Å². The molecular formula is C7H9N3O4S2. The van der Waals surface area contributed by atoms with E-state index >= 15 is 0 Å². The second-order valence-corrected chi connectivity index (χ2v) is 6.07. The fourth-order valence-corrected chi connectivity index (χ4v) is 4.42. The lowest BCUT2D eigenvalue weighted by Gasteiger charge is -2.18. The van der Waals surface area contributed by atoms with Crippen molar-refractivity contribution in [3.63, 3.8) is 0 Å². The fourth-order valence-electron chi connectivity index (χ4n) is 1.37. The molecular weight excluding hydrogens is 254 g/mol. The number of hydrogen-bond donors (Lipinski definition) is 2. The van der Waals surface area contributed by atoms with Crippen LogP contribution in [0.3, 0.4) is 0 Å². The van der Waals surface area contributed by atoms with Gasteiger partial charge in [0.25, 0.3) is 0 Å². The van der Waals surface area contributed by atoms with Crippen molar-refractivity contribution in [1.82, 2.24) is 14.5 Å². The maximum atomic E-state index is 12.0. The first-order valence-corrected chi connectivity index (χ1v) is 6.94. The summed E-state index contributed by atoms with van der Waals surface area (Å²) < 4.78 is 25.0. The van der Waals surface area contributed by atoms with Crippen LogP contribution in [0.2, 0.25) is 0 Å². The summed E-state index contributed by atoms with van der Waals surface area (Å²) in [5, 5.41) is 14.8. The number of aromatic nitrogens is 2. The van der Waals surface area contributed by atoms with E-state index < -0.39 is 22.0 Å². The van der Waals surface area contributed by atoms with E-state index in [1.54, 1.807) is 0 Å². The van der Waals surface area contributed by atoms with Gasteiger partial charge in [-0.1, -0.05) is 0 Å². The van der Waals surface area contributed by atoms with Crippen LogP contribution in [0.4, 0.5) is 0 Å². The van der Waals surface area contributed by atoms with Gasteiger partial charge in [-0.3, -0.25) is 9.89 Å². The molecule has 9 heteroatoms. The monoisotopic (exact) mass is 263 g/mol. The van der Waals surface area contributed by atoms with Gasteiger partial charge >= 0.3 is 5.97 Å². The molecule has 0 saturated carbocycles. The van der Waals surface area contributed by atoms with Crippen LogP contribution in [0, 0.1) is 0 Å². The fraction of sp³-hybridized carbons (Fsp3) is 0.429. The molecule has 1 fully saturated rings. The van der Waals surface area contributed by atoms with Crippen LogP contribution in [-0.4, -0.2) is 51.7 Å². The number of carboxylic acids is 1. The van der Waals surface area contributed by atoms with Crippen molar-refractivity contribution in [2.24, 2.45) is 0 Å². The zero-order chi connectivity index (χ0) is 11.8. The summed E-state index contributed by atoms with van der Waals surface area (Å²) in [7, 11) is -3.75. The molecule has 1 aliphatic heterocycles. The summed E-state index contributed by atoms with van der Waals surface area (Å²) in [6.07, 6.45) is 2.40. The van der Waals surface area contributed by atoms with Crippen LogP contribution in [0.5, 0.6) is 0 Å². The lowest BCUT2D eigenvalue weighted by Crippen LogP contribution is -2.41. The maximum Gasteiger partial charge on any atom is 0.322 e. The molecule has 0 spiro atoms. The van der Waals surface area contributed by atoms with Gasteiger partial charge < -0.3 is 5.11 Å². The van der Waals surface area contributed by atoms with Crippen LogP contribution in [0.15, 0.2) is 17.3 Å². The van der Waals surface area contributed by atoms with Gasteiger partial charge in [0, 0.05) is 11.9 Å². The molecule has 0 bridgehead atoms. The number of aliphatic carboxylic acids is 1. The first-order chi connectivity index (χ1) is 7.53. The van der Waals surface area contributed by atoms with Crippen LogP contribution in [0.25, 0.3) is 0 Å². The van der Waals surface area contributed by atoms with Crippen molar-refractivity contribution in [3.05, 3.63) is 12.4 Å². The highest BCUT2D eigenvalue weighted by Crippen LogP contribution is 2.27. The smallest absolute Gasteiger partial charge is 0.322 e. The average Bonchev–Trinajstić information content (AvgIpc) is 2.89. The van der Waals surface area contributed by atoms with Crippen LogP contribution in [0.1, 0.15) is 0 Å². The highest BCUT2D eigenvalue weighted by atomic mass is 32.2. The summed E-state index contributed by atoms with van der Waals surface area (Å²) in [5.41, 5.74) is 0. The molecule has 7 nitrogen and oxygen atoms in total. The zero-order valence-corrected chi connectivity index (χ0v) is 9.66. The summed E-state index contributed by atoms with van der Waals surface area (Å²) >= 11 is 1.28. The van der Waals surface area contributed by atoms with Crippen LogP contribution >= 0.6 is 11.8 Å². The van der Waals surface area contributed by atoms with E-state index in [0.29, 0.717) is 0 Å². The standard InChI is InChI=1S/C7H9N3O4S2/c11-7(12)6-3-15-4-10(6)16(13,14)5-1-8-9-2-5/h1-2,6H,3-4H2,(H,8,9)(H,11,12). The molecule has 1 atom stereocenters. The molecule has 1 aromatic rings. The topological polar surface area (TPSA) is 103 Å². The number of aromatic amines is 1. The third kappa shape index (κ3) is 1.81. The van der Waals surface area contributed by atoms with Gasteiger partial charge in [0.05, 0.1) is 12.1 Å². The predicted octanol–water partition coefficient (Wildman–Crippen LogP) is -0.442. The molecule has 2 heterocycles. The van der Waals surface area contributed by atoms with Crippen LogP contribution < -0.4 is 0 Å². The number of carbonyl (C=O) groups is 1. The Balaban J connectivity index is 2.34. The molecule has 0 radical (unpaired) electrons. The summed E-state index contributed by atoms with van der Waals surface area (Å²) in [6, 6.07) is -0.995. The Kier molecular flexibility index (Phi) is 2.91. The molecule has 0 aliphatic carbocycles. The highest BCUT2D eigenvalue weighted by Gasteiger charge is 2.40. The van der Waals surface area contributed by atoms with Crippen molar-refractivity contribution in [1.29, 1.82) is 0 Å². The zero-order valence-electron chi connectivity index (χ0n) is 8.03. The van der Waals surface area contributed by atoms with Gasteiger partial charge in [-0.25, -0.2) is 8.42 Å². The van der Waals surface area contributed by atoms with Gasteiger partial charge in [0.1, 0.15) is 10.9 Å². The molecule has 16 heavy (non-hydrogen) atoms. The number of nitrogens with zero attached hydrogens (tertiary/aromatic N) is 2. The summed E-state index contributed by atoms with van der Waals surface area (Å²) in [6.45, 7) is 0. The Hall–Kier alpha value is -1.06. The Bertz CT molecular complexity index is 484. The Morgan fingerprint density at radius 3 is 3.00 bits per heavy atom. The van der Waals surface area contributed by atoms with Gasteiger partial charge in [-0.15, -0.1) is 11.8 Å². The number of nitrogens with one attached hydrogen (secondary N) is 1. The lowest BCUT2D eigenvalue weighted by atomic mass is 10.4. The molecule has 1 unspecified atom stereocenters. The Morgan fingerprint density at radius 1 is 1.69 bits per heavy atom. The Labute approximate surface area is 95.9 Å². The van der Waals surface area contributed by atoms with Crippen molar-refractivity contribution >= 4 is 27.8 Å². The third-order valence-electron chi connectivity index (χ3n) is 2.21. The predicted molar refractivity (Wildman–Crippen MR) is 56.4 cm³/mol. The SMILES string of the molecule is O=C(O)C1CSCN1S(=O)(=O)c1cn[nH]c1. The molecule has 1 saturated heterocycles. The minimum absolute atomic E-state index is 0.0127. The van der Waals surface area contributed by atoms with Gasteiger partial charge in [0.15, 0.2) is 0 Å². The average molecular weight is 263 g/mol. The number of hydrogen-bond acceptors (Lipinski definition) is 5. The van der Waals surface area contributed by atoms with Crippen LogP contribution in [-0.2, 0) is 14.8 Å². The van der Waals surface area contributed by atoms with Gasteiger partial charge in [0.2, 0.25) is 10.0 Å². The summed E-state index contributed by atoms with van der Waals surface area (Å²) in [5.74, 6) is -0.700. The lowest BCUT2D eigenvalue weighted by molar-refractivity contribution is -0.140. The quantitative estimate of drug-likeness (QED) is 0.766. The van der Waals surface area contributed by atoms with E-state index in [2.05, 4.69) is 10.2 Å². The van der Waals surface area contributed by atoms with E-state index in [4.69, 9.17) is 5.11 Å². The van der Waals surface area contributed by atoms with Gasteiger partial charge in [-0.05, 0) is 0 Å². The molecule has 0 amide bonds. The number of H-pyrrole nitrogens is 1. The number of thioether (sulfide) groups is 1. The van der Waals surface area contributed by atoms with E-state index in [1.165, 1.54) is 18.0 Å². The molecule has 2 N–H and O–H groups in total. The number of sulfonamides is 1. The van der Waals surface area contributed by atoms with Crippen molar-refractivity contribution in [2.75, 3.05) is 11.6 Å². The molecule has 1 aliphatic rings. The minimum Gasteiger partial charge on any atom is -0.480 e. The summed E-state index contributed by atoms with van der Waals surface area (Å²) in [4.78, 5) is 10.9. The highest BCUT2D eigenvalue weighted by molar-refractivity contribution is 8.00. The van der Waals surface area contributed by atoms with Crippen molar-refractivity contribution < 1.29 is 18.3 Å². The van der Waals surface area contributed by atoms with E-state index in [0.717, 1.165) is 10.5 Å². The van der Waals surface area contributed by atoms with Crippen molar-refractivity contribution in [2.45, 2.75) is 10.9 Å². The normalized spacial score (nSPS) is 22.4.